The largest absolute Gasteiger partial charge is 0.416 e. The highest BCUT2D eigenvalue weighted by Gasteiger charge is 2.61. The number of alkyl halides is 3. The lowest BCUT2D eigenvalue weighted by Crippen LogP contribution is -2.28. The molecule has 2 aliphatic rings. The van der Waals surface area contributed by atoms with Gasteiger partial charge in [0, 0.05) is 30.9 Å². The molecule has 1 saturated heterocycles. The third-order valence-electron chi connectivity index (χ3n) is 5.22. The smallest absolute Gasteiger partial charge is 0.340 e. The van der Waals surface area contributed by atoms with Gasteiger partial charge in [-0.3, -0.25) is 10.0 Å². The molecule has 26 heavy (non-hydrogen) atoms. The van der Waals surface area contributed by atoms with Crippen molar-refractivity contribution < 1.29 is 23.2 Å². The number of nitrogens with zero attached hydrogens (tertiary/aromatic N) is 3. The highest BCUT2D eigenvalue weighted by atomic mass is 19.4. The van der Waals surface area contributed by atoms with Gasteiger partial charge >= 0.3 is 6.18 Å². The summed E-state index contributed by atoms with van der Waals surface area (Å²) >= 11 is 0. The second-order valence-electron chi connectivity index (χ2n) is 6.73. The van der Waals surface area contributed by atoms with E-state index in [1.54, 1.807) is 12.1 Å². The Morgan fingerprint density at radius 2 is 1.88 bits per heavy atom. The van der Waals surface area contributed by atoms with E-state index in [4.69, 9.17) is 5.21 Å². The minimum absolute atomic E-state index is 0.137. The fourth-order valence-electron chi connectivity index (χ4n) is 3.74. The first-order valence-electron chi connectivity index (χ1n) is 8.03. The number of aromatic nitrogens is 2. The van der Waals surface area contributed by atoms with Crippen LogP contribution in [0.3, 0.4) is 0 Å². The Morgan fingerprint density at radius 1 is 1.23 bits per heavy atom. The first-order valence-corrected chi connectivity index (χ1v) is 8.03. The van der Waals surface area contributed by atoms with Crippen molar-refractivity contribution >= 4 is 11.9 Å². The average Bonchev–Trinajstić information content (AvgIpc) is 3.22. The van der Waals surface area contributed by atoms with Crippen molar-refractivity contribution in [1.29, 1.82) is 0 Å². The second kappa shape index (κ2) is 5.66. The number of hydrogen-bond donors (Lipinski definition) is 2. The summed E-state index contributed by atoms with van der Waals surface area (Å²) in [5.74, 6) is 0.114. The summed E-state index contributed by atoms with van der Waals surface area (Å²) in [5, 5.41) is 8.60. The molecule has 1 aromatic heterocycles. The van der Waals surface area contributed by atoms with E-state index in [0.717, 1.165) is 24.1 Å². The van der Waals surface area contributed by atoms with Gasteiger partial charge in [0.15, 0.2) is 0 Å². The van der Waals surface area contributed by atoms with Crippen LogP contribution < -0.4 is 10.4 Å². The first kappa shape index (κ1) is 16.8. The van der Waals surface area contributed by atoms with Crippen LogP contribution in [0.15, 0.2) is 36.7 Å². The molecule has 2 fully saturated rings. The lowest BCUT2D eigenvalue weighted by molar-refractivity contribution is -0.137. The van der Waals surface area contributed by atoms with E-state index in [1.807, 2.05) is 4.90 Å². The molecule has 0 bridgehead atoms. The standard InChI is InChI=1S/C17H15F3N4O2/c18-17(19,20)12-3-1-11(2-4-12)16-5-13(16)8-24(9-16)15-21-6-10(7-22-15)14(25)23-26/h1-4,6-7,13,26H,5,8-9H2,(H,23,25). The first-order chi connectivity index (χ1) is 12.3. The van der Waals surface area contributed by atoms with Crippen LogP contribution in [0.25, 0.3) is 0 Å². The second-order valence-corrected chi connectivity index (χ2v) is 6.73. The number of hydroxylamine groups is 1. The topological polar surface area (TPSA) is 78.3 Å². The van der Waals surface area contributed by atoms with Crippen LogP contribution in [0.5, 0.6) is 0 Å². The highest BCUT2D eigenvalue weighted by molar-refractivity contribution is 5.92. The molecule has 2 unspecified atom stereocenters. The molecule has 2 atom stereocenters. The van der Waals surface area contributed by atoms with Crippen molar-refractivity contribution in [3.8, 4) is 0 Å². The number of nitrogens with one attached hydrogen (secondary N) is 1. The van der Waals surface area contributed by atoms with Crippen molar-refractivity contribution in [2.75, 3.05) is 18.0 Å². The maximum absolute atomic E-state index is 12.7. The Bertz CT molecular complexity index is 839. The van der Waals surface area contributed by atoms with Gasteiger partial charge in [0.2, 0.25) is 5.95 Å². The van der Waals surface area contributed by atoms with E-state index in [2.05, 4.69) is 9.97 Å². The van der Waals surface area contributed by atoms with E-state index in [1.165, 1.54) is 17.9 Å². The van der Waals surface area contributed by atoms with Crippen LogP contribution in [0.1, 0.15) is 27.9 Å². The Labute approximate surface area is 146 Å². The Morgan fingerprint density at radius 3 is 2.46 bits per heavy atom. The number of fused-ring (bicyclic) bond motifs is 1. The molecule has 1 saturated carbocycles. The summed E-state index contributed by atoms with van der Waals surface area (Å²) in [7, 11) is 0. The van der Waals surface area contributed by atoms with Crippen LogP contribution in [0.4, 0.5) is 19.1 Å². The van der Waals surface area contributed by atoms with Gasteiger partial charge in [-0.05, 0) is 30.0 Å². The molecule has 9 heteroatoms. The van der Waals surface area contributed by atoms with E-state index in [-0.39, 0.29) is 11.0 Å². The normalized spacial score (nSPS) is 24.3. The van der Waals surface area contributed by atoms with Gasteiger partial charge in [-0.2, -0.15) is 13.2 Å². The van der Waals surface area contributed by atoms with Crippen molar-refractivity contribution in [3.05, 3.63) is 53.3 Å². The zero-order valence-electron chi connectivity index (χ0n) is 13.5. The summed E-state index contributed by atoms with van der Waals surface area (Å²) in [4.78, 5) is 21.6. The third-order valence-corrected chi connectivity index (χ3v) is 5.22. The number of benzene rings is 1. The molecule has 0 radical (unpaired) electrons. The summed E-state index contributed by atoms with van der Waals surface area (Å²) in [6, 6.07) is 5.37. The Balaban J connectivity index is 1.51. The number of halogens is 3. The Kier molecular flexibility index (Phi) is 3.65. The van der Waals surface area contributed by atoms with Crippen molar-refractivity contribution in [3.63, 3.8) is 0 Å². The molecule has 2 aromatic rings. The third kappa shape index (κ3) is 2.68. The number of carbonyl (C=O) groups excluding carboxylic acids is 1. The van der Waals surface area contributed by atoms with Crippen LogP contribution in [0, 0.1) is 5.92 Å². The van der Waals surface area contributed by atoms with Gasteiger partial charge in [-0.1, -0.05) is 12.1 Å². The molecule has 2 heterocycles. The van der Waals surface area contributed by atoms with E-state index in [0.29, 0.717) is 25.0 Å². The fourth-order valence-corrected chi connectivity index (χ4v) is 3.74. The quantitative estimate of drug-likeness (QED) is 0.646. The zero-order valence-corrected chi connectivity index (χ0v) is 13.5. The number of amides is 1. The molecule has 4 rings (SSSR count). The fraction of sp³-hybridized carbons (Fsp3) is 0.353. The average molecular weight is 364 g/mol. The van der Waals surface area contributed by atoms with Gasteiger partial charge < -0.3 is 4.90 Å². The molecular formula is C17H15F3N4O2. The molecule has 1 amide bonds. The van der Waals surface area contributed by atoms with Gasteiger partial charge in [0.1, 0.15) is 0 Å². The van der Waals surface area contributed by atoms with E-state index in [9.17, 15) is 18.0 Å². The number of rotatable bonds is 3. The number of anilines is 1. The maximum atomic E-state index is 12.7. The minimum Gasteiger partial charge on any atom is -0.340 e. The summed E-state index contributed by atoms with van der Waals surface area (Å²) in [5.41, 5.74) is 1.74. The summed E-state index contributed by atoms with van der Waals surface area (Å²) < 4.78 is 38.2. The minimum atomic E-state index is -4.34. The molecule has 1 aromatic carbocycles. The predicted molar refractivity (Wildman–Crippen MR) is 84.7 cm³/mol. The van der Waals surface area contributed by atoms with Crippen LogP contribution >= 0.6 is 0 Å². The van der Waals surface area contributed by atoms with Gasteiger partial charge in [0.05, 0.1) is 11.1 Å². The number of hydrogen-bond acceptors (Lipinski definition) is 5. The Hall–Kier alpha value is -2.68. The number of piperidine rings is 1. The molecule has 0 spiro atoms. The monoisotopic (exact) mass is 364 g/mol. The maximum Gasteiger partial charge on any atom is 0.416 e. The lowest BCUT2D eigenvalue weighted by atomic mass is 9.94. The highest BCUT2D eigenvalue weighted by Crippen LogP contribution is 2.59. The van der Waals surface area contributed by atoms with E-state index >= 15 is 0 Å². The van der Waals surface area contributed by atoms with Crippen molar-refractivity contribution in [2.24, 2.45) is 5.92 Å². The SMILES string of the molecule is O=C(NO)c1cnc(N2CC3CC3(c3ccc(C(F)(F)F)cc3)C2)nc1. The van der Waals surface area contributed by atoms with Gasteiger partial charge in [-0.25, -0.2) is 15.4 Å². The summed E-state index contributed by atoms with van der Waals surface area (Å²) in [6.45, 7) is 1.33. The predicted octanol–water partition coefficient (Wildman–Crippen LogP) is 2.39. The molecule has 136 valence electrons. The van der Waals surface area contributed by atoms with Crippen molar-refractivity contribution in [1.82, 2.24) is 15.4 Å². The molecule has 1 aliphatic carbocycles. The van der Waals surface area contributed by atoms with Crippen LogP contribution in [-0.4, -0.2) is 34.2 Å². The summed E-state index contributed by atoms with van der Waals surface area (Å²) in [6.07, 6.45) is -0.761. The number of carbonyl (C=O) groups is 1. The molecule has 6 nitrogen and oxygen atoms in total. The van der Waals surface area contributed by atoms with Crippen LogP contribution in [0.2, 0.25) is 0 Å². The molecule has 2 N–H and O–H groups in total. The van der Waals surface area contributed by atoms with Crippen molar-refractivity contribution in [2.45, 2.75) is 18.0 Å². The zero-order chi connectivity index (χ0) is 18.5. The molecular weight excluding hydrogens is 349 g/mol. The lowest BCUT2D eigenvalue weighted by Gasteiger charge is -2.21. The van der Waals surface area contributed by atoms with E-state index < -0.39 is 17.6 Å². The van der Waals surface area contributed by atoms with Gasteiger partial charge in [0.25, 0.3) is 5.91 Å². The van der Waals surface area contributed by atoms with Gasteiger partial charge in [-0.15, -0.1) is 0 Å². The molecule has 1 aliphatic heterocycles. The van der Waals surface area contributed by atoms with Crippen LogP contribution in [-0.2, 0) is 11.6 Å².